The minimum Gasteiger partial charge on any atom is -0.455 e. The Kier molecular flexibility index (Phi) is 6.93. The van der Waals surface area contributed by atoms with Gasteiger partial charge in [-0.25, -0.2) is 0 Å². The number of benzene rings is 10. The van der Waals surface area contributed by atoms with E-state index in [2.05, 4.69) is 204 Å². The number of para-hydroxylation sites is 3. The third-order valence-corrected chi connectivity index (χ3v) is 11.7. The van der Waals surface area contributed by atoms with Crippen molar-refractivity contribution in [2.45, 2.75) is 0 Å². The van der Waals surface area contributed by atoms with Crippen LogP contribution in [0.4, 0.5) is 17.1 Å². The molecule has 0 fully saturated rings. The maximum atomic E-state index is 6.43. The maximum absolute atomic E-state index is 6.43. The Hall–Kier alpha value is -7.62. The van der Waals surface area contributed by atoms with Crippen molar-refractivity contribution in [1.82, 2.24) is 4.57 Å². The van der Waals surface area contributed by atoms with Crippen molar-refractivity contribution in [1.29, 1.82) is 0 Å². The number of furan rings is 1. The van der Waals surface area contributed by atoms with Gasteiger partial charge in [-0.15, -0.1) is 0 Å². The zero-order chi connectivity index (χ0) is 37.5. The predicted octanol–water partition coefficient (Wildman–Crippen LogP) is 15.3. The largest absolute Gasteiger partial charge is 0.455 e. The Balaban J connectivity index is 0.995. The molecule has 0 aliphatic carbocycles. The van der Waals surface area contributed by atoms with Gasteiger partial charge in [-0.05, 0) is 123 Å². The first-order valence-corrected chi connectivity index (χ1v) is 19.5. The Morgan fingerprint density at radius 1 is 0.333 bits per heavy atom. The van der Waals surface area contributed by atoms with E-state index in [-0.39, 0.29) is 0 Å². The smallest absolute Gasteiger partial charge is 0.143 e. The molecule has 0 aliphatic rings. The molecule has 0 amide bonds. The molecule has 266 valence electrons. The molecule has 3 nitrogen and oxygen atoms in total. The van der Waals surface area contributed by atoms with Crippen LogP contribution in [0.1, 0.15) is 0 Å². The molecule has 0 spiro atoms. The normalized spacial score (nSPS) is 11.9. The molecule has 2 heterocycles. The highest BCUT2D eigenvalue weighted by Gasteiger charge is 2.18. The van der Waals surface area contributed by atoms with Crippen LogP contribution >= 0.6 is 0 Å². The van der Waals surface area contributed by atoms with E-state index in [1.54, 1.807) is 0 Å². The van der Waals surface area contributed by atoms with Gasteiger partial charge in [0.25, 0.3) is 0 Å². The van der Waals surface area contributed by atoms with E-state index >= 15 is 0 Å². The second-order valence-electron chi connectivity index (χ2n) is 14.9. The van der Waals surface area contributed by atoms with Crippen molar-refractivity contribution >= 4 is 93.1 Å². The van der Waals surface area contributed by atoms with Crippen LogP contribution in [-0.4, -0.2) is 4.57 Å². The maximum Gasteiger partial charge on any atom is 0.143 e. The van der Waals surface area contributed by atoms with Crippen molar-refractivity contribution in [2.24, 2.45) is 0 Å². The molecule has 57 heavy (non-hydrogen) atoms. The number of aromatic nitrogens is 1. The highest BCUT2D eigenvalue weighted by atomic mass is 16.3. The van der Waals surface area contributed by atoms with Gasteiger partial charge >= 0.3 is 0 Å². The summed E-state index contributed by atoms with van der Waals surface area (Å²) in [7, 11) is 0. The van der Waals surface area contributed by atoms with Crippen LogP contribution in [-0.2, 0) is 0 Å². The molecule has 0 atom stereocenters. The van der Waals surface area contributed by atoms with Gasteiger partial charge in [0.2, 0.25) is 0 Å². The fourth-order valence-electron chi connectivity index (χ4n) is 9.04. The van der Waals surface area contributed by atoms with E-state index in [1.807, 2.05) is 12.1 Å². The predicted molar refractivity (Wildman–Crippen MR) is 241 cm³/mol. The molecular weight excluding hydrogens is 693 g/mol. The molecule has 0 radical (unpaired) electrons. The van der Waals surface area contributed by atoms with E-state index in [0.29, 0.717) is 0 Å². The van der Waals surface area contributed by atoms with E-state index < -0.39 is 0 Å². The Morgan fingerprint density at radius 2 is 0.912 bits per heavy atom. The third kappa shape index (κ3) is 4.99. The van der Waals surface area contributed by atoms with Gasteiger partial charge < -0.3 is 13.9 Å². The van der Waals surface area contributed by atoms with Gasteiger partial charge in [-0.3, -0.25) is 0 Å². The van der Waals surface area contributed by atoms with E-state index in [1.165, 1.54) is 60.2 Å². The Labute approximate surface area is 328 Å². The highest BCUT2D eigenvalue weighted by Crippen LogP contribution is 2.42. The van der Waals surface area contributed by atoms with Gasteiger partial charge in [0.05, 0.1) is 11.0 Å². The Morgan fingerprint density at radius 3 is 1.75 bits per heavy atom. The lowest BCUT2D eigenvalue weighted by molar-refractivity contribution is 0.672. The zero-order valence-corrected chi connectivity index (χ0v) is 30.9. The van der Waals surface area contributed by atoms with E-state index in [0.717, 1.165) is 49.8 Å². The summed E-state index contributed by atoms with van der Waals surface area (Å²) in [6.45, 7) is 0. The van der Waals surface area contributed by atoms with Gasteiger partial charge in [-0.1, -0.05) is 121 Å². The Bertz CT molecular complexity index is 3520. The number of nitrogens with zero attached hydrogens (tertiary/aromatic N) is 2. The molecule has 2 aromatic heterocycles. The molecule has 0 saturated carbocycles. The average molecular weight is 727 g/mol. The molecule has 12 rings (SSSR count). The highest BCUT2D eigenvalue weighted by molar-refractivity contribution is 6.16. The molecule has 3 heteroatoms. The molecule has 0 saturated heterocycles. The summed E-state index contributed by atoms with van der Waals surface area (Å²) in [4.78, 5) is 2.37. The topological polar surface area (TPSA) is 21.3 Å². The number of rotatable bonds is 5. The summed E-state index contributed by atoms with van der Waals surface area (Å²) in [6, 6.07) is 74.6. The van der Waals surface area contributed by atoms with Crippen LogP contribution in [0.2, 0.25) is 0 Å². The summed E-state index contributed by atoms with van der Waals surface area (Å²) >= 11 is 0. The van der Waals surface area contributed by atoms with Gasteiger partial charge in [0.1, 0.15) is 11.2 Å². The quantitative estimate of drug-likeness (QED) is 0.165. The monoisotopic (exact) mass is 726 g/mol. The van der Waals surface area contributed by atoms with Crippen LogP contribution in [0.15, 0.2) is 211 Å². The van der Waals surface area contributed by atoms with Crippen LogP contribution in [0.3, 0.4) is 0 Å². The minimum absolute atomic E-state index is 0.913. The number of fused-ring (bicyclic) bond motifs is 11. The second kappa shape index (κ2) is 12.5. The molecule has 10 aromatic carbocycles. The zero-order valence-electron chi connectivity index (χ0n) is 30.9. The first-order valence-electron chi connectivity index (χ1n) is 19.5. The number of hydrogen-bond donors (Lipinski definition) is 0. The van der Waals surface area contributed by atoms with Crippen molar-refractivity contribution in [3.63, 3.8) is 0 Å². The van der Waals surface area contributed by atoms with Crippen LogP contribution < -0.4 is 4.90 Å². The summed E-state index contributed by atoms with van der Waals surface area (Å²) < 4.78 is 8.80. The summed E-state index contributed by atoms with van der Waals surface area (Å²) in [5.41, 5.74) is 11.1. The molecule has 12 aromatic rings. The van der Waals surface area contributed by atoms with E-state index in [9.17, 15) is 0 Å². The second-order valence-corrected chi connectivity index (χ2v) is 14.9. The van der Waals surface area contributed by atoms with Crippen LogP contribution in [0, 0.1) is 0 Å². The molecule has 0 unspecified atom stereocenters. The van der Waals surface area contributed by atoms with E-state index in [4.69, 9.17) is 4.42 Å². The van der Waals surface area contributed by atoms with Crippen molar-refractivity contribution in [3.05, 3.63) is 206 Å². The lowest BCUT2D eigenvalue weighted by Crippen LogP contribution is -2.10. The molecule has 0 N–H and O–H groups in total. The van der Waals surface area contributed by atoms with Crippen molar-refractivity contribution in [2.75, 3.05) is 4.90 Å². The lowest BCUT2D eigenvalue weighted by atomic mass is 10.00. The lowest BCUT2D eigenvalue weighted by Gasteiger charge is -2.26. The van der Waals surface area contributed by atoms with Crippen molar-refractivity contribution < 1.29 is 4.42 Å². The first-order chi connectivity index (χ1) is 28.2. The van der Waals surface area contributed by atoms with Gasteiger partial charge in [0, 0.05) is 49.7 Å². The minimum atomic E-state index is 0.913. The molecule has 0 bridgehead atoms. The first kappa shape index (κ1) is 31.7. The number of hydrogen-bond acceptors (Lipinski definition) is 2. The van der Waals surface area contributed by atoms with Gasteiger partial charge in [-0.2, -0.15) is 0 Å². The van der Waals surface area contributed by atoms with Crippen LogP contribution in [0.25, 0.3) is 92.9 Å². The summed E-state index contributed by atoms with van der Waals surface area (Å²) in [5, 5.41) is 12.0. The summed E-state index contributed by atoms with van der Waals surface area (Å²) in [5.74, 6) is 0. The van der Waals surface area contributed by atoms with Crippen molar-refractivity contribution in [3.8, 4) is 16.8 Å². The molecular formula is C54H34N2O. The standard InChI is InChI=1S/C54H34N2O/c1-2-11-40(12-3-1)56-51-16-8-6-14-47(51)50-34-37(23-31-52(50)56)35-20-24-41(25-21-35)55(42-26-29-45-38(32-42)19-18-36-10-4-5-13-44(36)45)43-27-30-46-39(33-43)22-28-49-48-15-7-9-17-53(48)57-54(46)49/h1-34H. The fraction of sp³-hybridized carbons (Fsp3) is 0. The summed E-state index contributed by atoms with van der Waals surface area (Å²) in [6.07, 6.45) is 0. The SMILES string of the molecule is c1ccc(-n2c3ccccc3c3cc(-c4ccc(N(c5ccc6c(ccc7ccccc76)c5)c5ccc6c(ccc7c8ccccc8oc67)c5)cc4)ccc32)cc1. The van der Waals surface area contributed by atoms with Crippen LogP contribution in [0.5, 0.6) is 0 Å². The average Bonchev–Trinajstić information content (AvgIpc) is 3.83. The molecule has 0 aliphatic heterocycles. The number of anilines is 3. The van der Waals surface area contributed by atoms with Gasteiger partial charge in [0.15, 0.2) is 0 Å². The fourth-order valence-corrected chi connectivity index (χ4v) is 9.04. The third-order valence-electron chi connectivity index (χ3n) is 11.7.